The molecule has 3 nitrogen and oxygen atoms in total. The van der Waals surface area contributed by atoms with E-state index in [0.717, 1.165) is 15.5 Å². The lowest BCUT2D eigenvalue weighted by molar-refractivity contribution is 0.0667. The molecule has 5 heteroatoms. The minimum atomic E-state index is -2.55. The van der Waals surface area contributed by atoms with Crippen molar-refractivity contribution >= 4 is 10.9 Å². The zero-order chi connectivity index (χ0) is 13.4. The number of aryl methyl sites for hydroxylation is 1. The molecule has 0 saturated heterocycles. The van der Waals surface area contributed by atoms with E-state index < -0.39 is 6.55 Å². The molecule has 3 rings (SSSR count). The predicted molar refractivity (Wildman–Crippen MR) is 69.3 cm³/mol. The smallest absolute Gasteiger partial charge is 0.319 e. The van der Waals surface area contributed by atoms with E-state index in [2.05, 4.69) is 4.98 Å². The number of aromatic nitrogens is 3. The van der Waals surface area contributed by atoms with Crippen LogP contribution in [-0.4, -0.2) is 14.1 Å². The summed E-state index contributed by atoms with van der Waals surface area (Å²) in [5.41, 5.74) is 2.21. The average Bonchev–Trinajstić information content (AvgIpc) is 2.98. The van der Waals surface area contributed by atoms with Crippen LogP contribution < -0.4 is 0 Å². The van der Waals surface area contributed by atoms with Gasteiger partial charge in [-0.2, -0.15) is 8.78 Å². The van der Waals surface area contributed by atoms with Crippen LogP contribution in [0.5, 0.6) is 0 Å². The Morgan fingerprint density at radius 1 is 1.21 bits per heavy atom. The van der Waals surface area contributed by atoms with Gasteiger partial charge in [-0.25, -0.2) is 4.98 Å². The van der Waals surface area contributed by atoms with Crippen LogP contribution in [0, 0.1) is 6.92 Å². The topological polar surface area (TPSA) is 22.8 Å². The first-order valence-electron chi connectivity index (χ1n) is 6.01. The zero-order valence-corrected chi connectivity index (χ0v) is 10.4. The second kappa shape index (κ2) is 4.50. The lowest BCUT2D eigenvalue weighted by atomic mass is 10.1. The number of imidazole rings is 1. The molecular formula is C14H13F2N3. The third kappa shape index (κ3) is 2.01. The molecule has 0 spiro atoms. The molecule has 0 bridgehead atoms. The summed E-state index contributed by atoms with van der Waals surface area (Å²) < 4.78 is 28.4. The second-order valence-corrected chi connectivity index (χ2v) is 4.48. The van der Waals surface area contributed by atoms with Crippen molar-refractivity contribution < 1.29 is 8.78 Å². The van der Waals surface area contributed by atoms with E-state index in [1.165, 1.54) is 18.0 Å². The fraction of sp³-hybridized carbons (Fsp3) is 0.214. The molecule has 1 aromatic carbocycles. The van der Waals surface area contributed by atoms with Gasteiger partial charge in [-0.05, 0) is 24.6 Å². The number of benzene rings is 1. The van der Waals surface area contributed by atoms with Crippen LogP contribution in [0.3, 0.4) is 0 Å². The highest BCUT2D eigenvalue weighted by Crippen LogP contribution is 2.21. The van der Waals surface area contributed by atoms with Crippen LogP contribution in [0.1, 0.15) is 17.9 Å². The molecule has 0 aliphatic heterocycles. The van der Waals surface area contributed by atoms with Crippen molar-refractivity contribution in [2.45, 2.75) is 20.0 Å². The number of alkyl halides is 2. The first kappa shape index (κ1) is 11.9. The number of halogens is 2. The van der Waals surface area contributed by atoms with E-state index in [9.17, 15) is 8.78 Å². The molecule has 2 aromatic heterocycles. The lowest BCUT2D eigenvalue weighted by Crippen LogP contribution is -2.08. The summed E-state index contributed by atoms with van der Waals surface area (Å²) in [5, 5.41) is 1.14. The van der Waals surface area contributed by atoms with Gasteiger partial charge in [-0.15, -0.1) is 0 Å². The molecule has 19 heavy (non-hydrogen) atoms. The van der Waals surface area contributed by atoms with E-state index in [0.29, 0.717) is 12.4 Å². The van der Waals surface area contributed by atoms with E-state index in [4.69, 9.17) is 0 Å². The van der Waals surface area contributed by atoms with Crippen LogP contribution in [0.25, 0.3) is 10.9 Å². The Hall–Kier alpha value is -2.17. The maximum absolute atomic E-state index is 12.8. The lowest BCUT2D eigenvalue weighted by Gasteiger charge is -2.08. The normalized spacial score (nSPS) is 11.6. The number of hydrogen-bond acceptors (Lipinski definition) is 1. The molecule has 0 fully saturated rings. The van der Waals surface area contributed by atoms with Gasteiger partial charge in [0.2, 0.25) is 0 Å². The van der Waals surface area contributed by atoms with Crippen molar-refractivity contribution in [1.82, 2.24) is 14.1 Å². The fourth-order valence-corrected chi connectivity index (χ4v) is 2.31. The molecular weight excluding hydrogens is 248 g/mol. The molecule has 0 N–H and O–H groups in total. The Labute approximate surface area is 109 Å². The SMILES string of the molecule is Cc1cccc2c1ccn2Cc1nccn1C(F)F. The molecule has 0 aliphatic carbocycles. The fourth-order valence-electron chi connectivity index (χ4n) is 2.31. The summed E-state index contributed by atoms with van der Waals surface area (Å²) in [6, 6.07) is 7.98. The van der Waals surface area contributed by atoms with Crippen LogP contribution in [-0.2, 0) is 6.54 Å². The van der Waals surface area contributed by atoms with Crippen molar-refractivity contribution in [3.63, 3.8) is 0 Å². The van der Waals surface area contributed by atoms with Crippen LogP contribution >= 0.6 is 0 Å². The summed E-state index contributed by atoms with van der Waals surface area (Å²) in [5.74, 6) is 0.356. The molecule has 0 radical (unpaired) electrons. The molecule has 98 valence electrons. The minimum absolute atomic E-state index is 0.338. The van der Waals surface area contributed by atoms with Crippen molar-refractivity contribution in [1.29, 1.82) is 0 Å². The number of fused-ring (bicyclic) bond motifs is 1. The highest BCUT2D eigenvalue weighted by Gasteiger charge is 2.12. The minimum Gasteiger partial charge on any atom is -0.340 e. The van der Waals surface area contributed by atoms with Gasteiger partial charge in [0.05, 0.1) is 6.54 Å². The van der Waals surface area contributed by atoms with Crippen molar-refractivity contribution in [2.75, 3.05) is 0 Å². The van der Waals surface area contributed by atoms with Gasteiger partial charge < -0.3 is 4.57 Å². The number of rotatable bonds is 3. The van der Waals surface area contributed by atoms with Gasteiger partial charge in [-0.3, -0.25) is 4.57 Å². The van der Waals surface area contributed by atoms with Crippen LogP contribution in [0.2, 0.25) is 0 Å². The van der Waals surface area contributed by atoms with Gasteiger partial charge >= 0.3 is 6.55 Å². The average molecular weight is 261 g/mol. The molecule has 0 saturated carbocycles. The van der Waals surface area contributed by atoms with E-state index in [1.807, 2.05) is 42.0 Å². The van der Waals surface area contributed by atoms with Crippen molar-refractivity contribution in [3.8, 4) is 0 Å². The zero-order valence-electron chi connectivity index (χ0n) is 10.4. The van der Waals surface area contributed by atoms with E-state index >= 15 is 0 Å². The van der Waals surface area contributed by atoms with Crippen molar-refractivity contribution in [2.24, 2.45) is 0 Å². The van der Waals surface area contributed by atoms with Gasteiger partial charge in [0.15, 0.2) is 0 Å². The maximum Gasteiger partial charge on any atom is 0.319 e. The number of hydrogen-bond donors (Lipinski definition) is 0. The van der Waals surface area contributed by atoms with E-state index in [1.54, 1.807) is 0 Å². The first-order chi connectivity index (χ1) is 9.16. The van der Waals surface area contributed by atoms with Gasteiger partial charge in [0.25, 0.3) is 0 Å². The highest BCUT2D eigenvalue weighted by molar-refractivity contribution is 5.83. The molecule has 0 amide bonds. The second-order valence-electron chi connectivity index (χ2n) is 4.48. The standard InChI is InChI=1S/C14H13F2N3/c1-10-3-2-4-12-11(10)5-7-18(12)9-13-17-6-8-19(13)14(15)16/h2-8,14H,9H2,1H3. The van der Waals surface area contributed by atoms with E-state index in [-0.39, 0.29) is 0 Å². The molecule has 2 heterocycles. The Morgan fingerprint density at radius 2 is 2.05 bits per heavy atom. The predicted octanol–water partition coefficient (Wildman–Crippen LogP) is 3.59. The number of nitrogens with zero attached hydrogens (tertiary/aromatic N) is 3. The summed E-state index contributed by atoms with van der Waals surface area (Å²) in [4.78, 5) is 4.00. The summed E-state index contributed by atoms with van der Waals surface area (Å²) in [6.07, 6.45) is 4.61. The quantitative estimate of drug-likeness (QED) is 0.706. The summed E-state index contributed by atoms with van der Waals surface area (Å²) >= 11 is 0. The van der Waals surface area contributed by atoms with Crippen molar-refractivity contribution in [3.05, 3.63) is 54.2 Å². The summed E-state index contributed by atoms with van der Waals surface area (Å²) in [7, 11) is 0. The van der Waals surface area contributed by atoms with Gasteiger partial charge in [0.1, 0.15) is 5.82 Å². The first-order valence-corrected chi connectivity index (χ1v) is 6.01. The molecule has 3 aromatic rings. The molecule has 0 aliphatic rings. The third-order valence-electron chi connectivity index (χ3n) is 3.30. The Morgan fingerprint density at radius 3 is 2.84 bits per heavy atom. The Kier molecular flexibility index (Phi) is 2.81. The van der Waals surface area contributed by atoms with Crippen LogP contribution in [0.4, 0.5) is 8.78 Å². The van der Waals surface area contributed by atoms with Crippen LogP contribution in [0.15, 0.2) is 42.9 Å². The summed E-state index contributed by atoms with van der Waals surface area (Å²) in [6.45, 7) is -0.182. The largest absolute Gasteiger partial charge is 0.340 e. The van der Waals surface area contributed by atoms with Gasteiger partial charge in [-0.1, -0.05) is 12.1 Å². The highest BCUT2D eigenvalue weighted by atomic mass is 19.3. The van der Waals surface area contributed by atoms with Gasteiger partial charge in [0, 0.05) is 29.5 Å². The Balaban J connectivity index is 2.02. The Bertz CT molecular complexity index is 712. The molecule has 0 unspecified atom stereocenters. The molecule has 0 atom stereocenters. The third-order valence-corrected chi connectivity index (χ3v) is 3.30. The maximum atomic E-state index is 12.8. The monoisotopic (exact) mass is 261 g/mol.